The first-order chi connectivity index (χ1) is 21.8. The molecule has 0 amide bonds. The highest BCUT2D eigenvalue weighted by Gasteiger charge is 2.19. The summed E-state index contributed by atoms with van der Waals surface area (Å²) in [5.41, 5.74) is 11.4. The number of benzene rings is 6. The number of furan rings is 1. The van der Waals surface area contributed by atoms with Gasteiger partial charge in [-0.1, -0.05) is 115 Å². The van der Waals surface area contributed by atoms with E-state index in [1.807, 2.05) is 18.2 Å². The summed E-state index contributed by atoms with van der Waals surface area (Å²) in [6, 6.07) is 55.3. The van der Waals surface area contributed by atoms with Crippen LogP contribution in [0.1, 0.15) is 0 Å². The van der Waals surface area contributed by atoms with Crippen molar-refractivity contribution in [1.29, 1.82) is 0 Å². The van der Waals surface area contributed by atoms with Crippen molar-refractivity contribution in [1.82, 2.24) is 9.55 Å². The van der Waals surface area contributed by atoms with Crippen LogP contribution in [0.3, 0.4) is 0 Å². The Hall–Kier alpha value is -5.93. The predicted molar refractivity (Wildman–Crippen MR) is 182 cm³/mol. The molecular weight excluding hydrogens is 536 g/mol. The number of hydrogen-bond acceptors (Lipinski definition) is 2. The third kappa shape index (κ3) is 3.80. The van der Waals surface area contributed by atoms with Crippen LogP contribution in [0.4, 0.5) is 0 Å². The van der Waals surface area contributed by atoms with E-state index < -0.39 is 0 Å². The van der Waals surface area contributed by atoms with Crippen LogP contribution in [-0.2, 0) is 0 Å². The van der Waals surface area contributed by atoms with Crippen LogP contribution in [0.25, 0.3) is 83.1 Å². The van der Waals surface area contributed by atoms with Crippen LogP contribution in [-0.4, -0.2) is 9.55 Å². The fourth-order valence-corrected chi connectivity index (χ4v) is 6.64. The van der Waals surface area contributed by atoms with Gasteiger partial charge in [0.15, 0.2) is 0 Å². The molecule has 0 aliphatic heterocycles. The molecule has 3 heterocycles. The normalized spacial score (nSPS) is 11.6. The molecule has 206 valence electrons. The molecule has 0 saturated carbocycles. The Bertz CT molecular complexity index is 2490. The first-order valence-corrected chi connectivity index (χ1v) is 14.9. The molecule has 3 nitrogen and oxygen atoms in total. The van der Waals surface area contributed by atoms with Crippen molar-refractivity contribution in [2.24, 2.45) is 0 Å². The molecular formula is C41H26N2O. The lowest BCUT2D eigenvalue weighted by Crippen LogP contribution is -1.94. The summed E-state index contributed by atoms with van der Waals surface area (Å²) < 4.78 is 8.84. The molecule has 0 unspecified atom stereocenters. The van der Waals surface area contributed by atoms with Crippen molar-refractivity contribution < 1.29 is 4.42 Å². The van der Waals surface area contributed by atoms with Gasteiger partial charge < -0.3 is 8.98 Å². The summed E-state index contributed by atoms with van der Waals surface area (Å²) in [6.45, 7) is 0. The van der Waals surface area contributed by atoms with Crippen LogP contribution >= 0.6 is 0 Å². The number of pyridine rings is 1. The molecule has 6 aromatic carbocycles. The van der Waals surface area contributed by atoms with Crippen molar-refractivity contribution in [2.75, 3.05) is 0 Å². The van der Waals surface area contributed by atoms with Crippen LogP contribution in [0.15, 0.2) is 162 Å². The first kappa shape index (κ1) is 24.6. The highest BCUT2D eigenvalue weighted by atomic mass is 16.3. The summed E-state index contributed by atoms with van der Waals surface area (Å²) in [7, 11) is 0. The second-order valence-electron chi connectivity index (χ2n) is 11.2. The standard InChI is InChI=1S/C41H26N2O/c1-3-13-27(14-4-1)35-25-28(30-19-11-20-32-31-17-8-10-24-39(31)44-41(30)32)26-36(42-35)33-21-12-23-38-40(33)34-18-7-9-22-37(34)43(38)29-15-5-2-6-16-29/h1-26H. The molecule has 0 fully saturated rings. The smallest absolute Gasteiger partial charge is 0.143 e. The SMILES string of the molecule is c1ccc(-c2cc(-c3cccc4c3oc3ccccc34)cc(-c3cccc4c3c3ccccc3n4-c3ccccc3)n2)cc1. The summed E-state index contributed by atoms with van der Waals surface area (Å²) in [6.07, 6.45) is 0. The summed E-state index contributed by atoms with van der Waals surface area (Å²) in [5.74, 6) is 0. The fourth-order valence-electron chi connectivity index (χ4n) is 6.64. The van der Waals surface area contributed by atoms with E-state index in [0.717, 1.165) is 66.8 Å². The van der Waals surface area contributed by atoms with E-state index in [1.54, 1.807) is 0 Å². The molecule has 0 spiro atoms. The second kappa shape index (κ2) is 9.82. The van der Waals surface area contributed by atoms with Gasteiger partial charge >= 0.3 is 0 Å². The van der Waals surface area contributed by atoms with Crippen molar-refractivity contribution in [2.45, 2.75) is 0 Å². The zero-order chi connectivity index (χ0) is 29.0. The predicted octanol–water partition coefficient (Wildman–Crippen LogP) is 11.1. The van der Waals surface area contributed by atoms with Gasteiger partial charge in [0, 0.05) is 43.9 Å². The zero-order valence-corrected chi connectivity index (χ0v) is 23.8. The second-order valence-corrected chi connectivity index (χ2v) is 11.2. The van der Waals surface area contributed by atoms with E-state index in [0.29, 0.717) is 0 Å². The maximum absolute atomic E-state index is 6.49. The summed E-state index contributed by atoms with van der Waals surface area (Å²) in [4.78, 5) is 5.32. The zero-order valence-electron chi connectivity index (χ0n) is 23.8. The third-order valence-corrected chi connectivity index (χ3v) is 8.60. The first-order valence-electron chi connectivity index (χ1n) is 14.9. The van der Waals surface area contributed by atoms with Gasteiger partial charge in [-0.25, -0.2) is 4.98 Å². The average molecular weight is 563 g/mol. The van der Waals surface area contributed by atoms with Crippen molar-refractivity contribution in [3.8, 4) is 39.3 Å². The van der Waals surface area contributed by atoms with Gasteiger partial charge in [0.2, 0.25) is 0 Å². The average Bonchev–Trinajstić information content (AvgIpc) is 3.65. The quantitative estimate of drug-likeness (QED) is 0.214. The molecule has 0 aliphatic carbocycles. The number of hydrogen-bond donors (Lipinski definition) is 0. The van der Waals surface area contributed by atoms with E-state index in [2.05, 4.69) is 144 Å². The molecule has 0 radical (unpaired) electrons. The maximum atomic E-state index is 6.49. The largest absolute Gasteiger partial charge is 0.455 e. The van der Waals surface area contributed by atoms with Gasteiger partial charge in [-0.2, -0.15) is 0 Å². The number of fused-ring (bicyclic) bond motifs is 6. The van der Waals surface area contributed by atoms with Gasteiger partial charge in [-0.3, -0.25) is 0 Å². The van der Waals surface area contributed by atoms with Gasteiger partial charge in [0.05, 0.1) is 22.4 Å². The Balaban J connectivity index is 1.35. The monoisotopic (exact) mass is 562 g/mol. The van der Waals surface area contributed by atoms with Gasteiger partial charge in [-0.05, 0) is 48.0 Å². The number of nitrogens with zero attached hydrogens (tertiary/aromatic N) is 2. The highest BCUT2D eigenvalue weighted by Crippen LogP contribution is 2.41. The third-order valence-electron chi connectivity index (χ3n) is 8.60. The van der Waals surface area contributed by atoms with E-state index in [1.165, 1.54) is 16.3 Å². The maximum Gasteiger partial charge on any atom is 0.143 e. The number of rotatable bonds is 4. The van der Waals surface area contributed by atoms with Crippen LogP contribution in [0.5, 0.6) is 0 Å². The van der Waals surface area contributed by atoms with Crippen LogP contribution < -0.4 is 0 Å². The fraction of sp³-hybridized carbons (Fsp3) is 0. The lowest BCUT2D eigenvalue weighted by Gasteiger charge is -2.12. The summed E-state index contributed by atoms with van der Waals surface area (Å²) >= 11 is 0. The summed E-state index contributed by atoms with van der Waals surface area (Å²) in [5, 5.41) is 4.64. The van der Waals surface area contributed by atoms with E-state index >= 15 is 0 Å². The Labute approximate surface area is 254 Å². The van der Waals surface area contributed by atoms with E-state index in [-0.39, 0.29) is 0 Å². The van der Waals surface area contributed by atoms with Crippen LogP contribution in [0, 0.1) is 0 Å². The molecule has 44 heavy (non-hydrogen) atoms. The molecule has 9 rings (SSSR count). The molecule has 0 N–H and O–H groups in total. The Morgan fingerprint density at radius 1 is 0.455 bits per heavy atom. The van der Waals surface area contributed by atoms with E-state index in [9.17, 15) is 0 Å². The minimum Gasteiger partial charge on any atom is -0.455 e. The van der Waals surface area contributed by atoms with Crippen molar-refractivity contribution >= 4 is 43.7 Å². The molecule has 0 bridgehead atoms. The van der Waals surface area contributed by atoms with Crippen molar-refractivity contribution in [3.63, 3.8) is 0 Å². The molecule has 9 aromatic rings. The molecule has 0 saturated heterocycles. The number of para-hydroxylation sites is 4. The Morgan fingerprint density at radius 2 is 1.09 bits per heavy atom. The minimum atomic E-state index is 0.892. The lowest BCUT2D eigenvalue weighted by molar-refractivity contribution is 0.670. The van der Waals surface area contributed by atoms with Gasteiger partial charge in [0.25, 0.3) is 0 Å². The van der Waals surface area contributed by atoms with Gasteiger partial charge in [0.1, 0.15) is 11.2 Å². The molecule has 3 heteroatoms. The highest BCUT2D eigenvalue weighted by molar-refractivity contribution is 6.16. The molecule has 3 aromatic heterocycles. The van der Waals surface area contributed by atoms with E-state index in [4.69, 9.17) is 9.40 Å². The Morgan fingerprint density at radius 3 is 1.95 bits per heavy atom. The topological polar surface area (TPSA) is 31.0 Å². The molecule has 0 aliphatic rings. The van der Waals surface area contributed by atoms with Gasteiger partial charge in [-0.15, -0.1) is 0 Å². The van der Waals surface area contributed by atoms with Crippen molar-refractivity contribution in [3.05, 3.63) is 158 Å². The van der Waals surface area contributed by atoms with Crippen LogP contribution in [0.2, 0.25) is 0 Å². The number of aromatic nitrogens is 2. The Kier molecular flexibility index (Phi) is 5.50. The molecule has 0 atom stereocenters. The minimum absolute atomic E-state index is 0.892. The lowest BCUT2D eigenvalue weighted by atomic mass is 9.96.